The van der Waals surface area contributed by atoms with Gasteiger partial charge in [-0.05, 0) is 19.2 Å². The lowest BCUT2D eigenvalue weighted by molar-refractivity contribution is 0.316. The van der Waals surface area contributed by atoms with Crippen LogP contribution < -0.4 is 11.1 Å². The van der Waals surface area contributed by atoms with Gasteiger partial charge in [-0.2, -0.15) is 5.26 Å². The Bertz CT molecular complexity index is 392. The third-order valence-corrected chi connectivity index (χ3v) is 2.66. The molecule has 0 unspecified atom stereocenters. The number of pyridine rings is 1. The number of likely N-dealkylation sites (N-methyl/N-ethyl adjacent to an activating group) is 1. The third-order valence-electron chi connectivity index (χ3n) is 2.66. The Morgan fingerprint density at radius 1 is 1.47 bits per heavy atom. The van der Waals surface area contributed by atoms with Crippen LogP contribution in [0.25, 0.3) is 0 Å². The van der Waals surface area contributed by atoms with Gasteiger partial charge in [-0.3, -0.25) is 0 Å². The van der Waals surface area contributed by atoms with Gasteiger partial charge in [0.2, 0.25) is 0 Å². The van der Waals surface area contributed by atoms with E-state index in [9.17, 15) is 0 Å². The molecule has 0 fully saturated rings. The standard InChI is InChI=1S/C12H19N5/c1-3-17(4-2)6-5-15-12-11(14)7-10(8-13)9-16-12/h7,9H,3-6,14H2,1-2H3,(H,15,16). The predicted octanol–water partition coefficient (Wildman–Crippen LogP) is 1.29. The molecule has 1 aromatic rings. The summed E-state index contributed by atoms with van der Waals surface area (Å²) < 4.78 is 0. The maximum absolute atomic E-state index is 8.69. The van der Waals surface area contributed by atoms with Crippen LogP contribution in [-0.4, -0.2) is 36.1 Å². The van der Waals surface area contributed by atoms with Crippen molar-refractivity contribution in [3.63, 3.8) is 0 Å². The van der Waals surface area contributed by atoms with E-state index in [1.54, 1.807) is 6.07 Å². The predicted molar refractivity (Wildman–Crippen MR) is 69.6 cm³/mol. The first kappa shape index (κ1) is 13.3. The van der Waals surface area contributed by atoms with Crippen LogP contribution in [0.2, 0.25) is 0 Å². The van der Waals surface area contributed by atoms with Crippen molar-refractivity contribution in [3.05, 3.63) is 17.8 Å². The normalized spacial score (nSPS) is 10.2. The van der Waals surface area contributed by atoms with Crippen molar-refractivity contribution in [2.75, 3.05) is 37.2 Å². The fraction of sp³-hybridized carbons (Fsp3) is 0.500. The summed E-state index contributed by atoms with van der Waals surface area (Å²) in [5.74, 6) is 0.649. The number of nitrogens with one attached hydrogen (secondary N) is 1. The van der Waals surface area contributed by atoms with Gasteiger partial charge in [0.1, 0.15) is 11.9 Å². The average Bonchev–Trinajstić information content (AvgIpc) is 2.36. The van der Waals surface area contributed by atoms with Crippen molar-refractivity contribution in [2.24, 2.45) is 0 Å². The minimum Gasteiger partial charge on any atom is -0.396 e. The SMILES string of the molecule is CCN(CC)CCNc1ncc(C#N)cc1N. The van der Waals surface area contributed by atoms with E-state index < -0.39 is 0 Å². The van der Waals surface area contributed by atoms with Gasteiger partial charge in [0, 0.05) is 19.3 Å². The molecule has 0 aromatic carbocycles. The zero-order chi connectivity index (χ0) is 12.7. The first-order valence-corrected chi connectivity index (χ1v) is 5.83. The van der Waals surface area contributed by atoms with Crippen molar-refractivity contribution in [2.45, 2.75) is 13.8 Å². The molecule has 5 heteroatoms. The lowest BCUT2D eigenvalue weighted by atomic mass is 10.3. The Hall–Kier alpha value is -1.80. The summed E-state index contributed by atoms with van der Waals surface area (Å²) in [5.41, 5.74) is 6.79. The van der Waals surface area contributed by atoms with E-state index in [1.165, 1.54) is 6.20 Å². The summed E-state index contributed by atoms with van der Waals surface area (Å²) in [4.78, 5) is 6.43. The van der Waals surface area contributed by atoms with Crippen LogP contribution in [0, 0.1) is 11.3 Å². The summed E-state index contributed by atoms with van der Waals surface area (Å²) in [7, 11) is 0. The Kier molecular flexibility index (Phi) is 5.24. The van der Waals surface area contributed by atoms with Crippen LogP contribution in [0.15, 0.2) is 12.3 Å². The van der Waals surface area contributed by atoms with Crippen molar-refractivity contribution in [1.82, 2.24) is 9.88 Å². The van der Waals surface area contributed by atoms with Gasteiger partial charge in [-0.25, -0.2) is 4.98 Å². The molecule has 1 rings (SSSR count). The van der Waals surface area contributed by atoms with E-state index >= 15 is 0 Å². The van der Waals surface area contributed by atoms with E-state index in [0.29, 0.717) is 17.1 Å². The monoisotopic (exact) mass is 233 g/mol. The van der Waals surface area contributed by atoms with Gasteiger partial charge < -0.3 is 16.0 Å². The second-order valence-electron chi connectivity index (χ2n) is 3.73. The quantitative estimate of drug-likeness (QED) is 0.774. The molecule has 0 aliphatic rings. The van der Waals surface area contributed by atoms with E-state index in [-0.39, 0.29) is 0 Å². The highest BCUT2D eigenvalue weighted by atomic mass is 15.1. The summed E-state index contributed by atoms with van der Waals surface area (Å²) in [6.07, 6.45) is 1.52. The molecule has 0 bridgehead atoms. The Morgan fingerprint density at radius 2 is 2.18 bits per heavy atom. The van der Waals surface area contributed by atoms with Gasteiger partial charge in [-0.15, -0.1) is 0 Å². The first-order valence-electron chi connectivity index (χ1n) is 5.83. The number of rotatable bonds is 6. The maximum atomic E-state index is 8.69. The molecule has 1 heterocycles. The molecule has 0 aliphatic heterocycles. The molecular weight excluding hydrogens is 214 g/mol. The van der Waals surface area contributed by atoms with Crippen molar-refractivity contribution < 1.29 is 0 Å². The second kappa shape index (κ2) is 6.71. The summed E-state index contributed by atoms with van der Waals surface area (Å²) in [6, 6.07) is 3.64. The fourth-order valence-corrected chi connectivity index (χ4v) is 1.56. The highest BCUT2D eigenvalue weighted by molar-refractivity contribution is 5.62. The highest BCUT2D eigenvalue weighted by Crippen LogP contribution is 2.15. The first-order chi connectivity index (χ1) is 8.21. The van der Waals surface area contributed by atoms with Crippen LogP contribution in [0.5, 0.6) is 0 Å². The molecule has 17 heavy (non-hydrogen) atoms. The summed E-state index contributed by atoms with van der Waals surface area (Å²) in [5, 5.41) is 11.9. The van der Waals surface area contributed by atoms with Crippen molar-refractivity contribution >= 4 is 11.5 Å². The molecule has 1 aromatic heterocycles. The lowest BCUT2D eigenvalue weighted by Crippen LogP contribution is -2.28. The van der Waals surface area contributed by atoms with Crippen LogP contribution in [0.3, 0.4) is 0 Å². The van der Waals surface area contributed by atoms with Crippen molar-refractivity contribution in [3.8, 4) is 6.07 Å². The Labute approximate surface area is 102 Å². The molecule has 92 valence electrons. The molecule has 0 atom stereocenters. The smallest absolute Gasteiger partial charge is 0.149 e. The molecule has 0 saturated carbocycles. The van der Waals surface area contributed by atoms with Gasteiger partial charge in [0.25, 0.3) is 0 Å². The maximum Gasteiger partial charge on any atom is 0.149 e. The minimum absolute atomic E-state index is 0.483. The highest BCUT2D eigenvalue weighted by Gasteiger charge is 2.03. The van der Waals surface area contributed by atoms with Crippen LogP contribution in [-0.2, 0) is 0 Å². The number of nitrogens with zero attached hydrogens (tertiary/aromatic N) is 3. The minimum atomic E-state index is 0.483. The second-order valence-corrected chi connectivity index (χ2v) is 3.73. The van der Waals surface area contributed by atoms with E-state index in [0.717, 1.165) is 26.2 Å². The number of anilines is 2. The number of hydrogen-bond acceptors (Lipinski definition) is 5. The summed E-state index contributed by atoms with van der Waals surface area (Å²) >= 11 is 0. The Balaban J connectivity index is 2.50. The summed E-state index contributed by atoms with van der Waals surface area (Å²) in [6.45, 7) is 8.09. The number of nitrogens with two attached hydrogens (primary N) is 1. The van der Waals surface area contributed by atoms with Crippen LogP contribution in [0.4, 0.5) is 11.5 Å². The zero-order valence-electron chi connectivity index (χ0n) is 10.4. The van der Waals surface area contributed by atoms with Gasteiger partial charge in [0.15, 0.2) is 0 Å². The van der Waals surface area contributed by atoms with Crippen LogP contribution in [0.1, 0.15) is 19.4 Å². The molecule has 5 nitrogen and oxygen atoms in total. The molecule has 3 N–H and O–H groups in total. The fourth-order valence-electron chi connectivity index (χ4n) is 1.56. The number of hydrogen-bond donors (Lipinski definition) is 2. The van der Waals surface area contributed by atoms with E-state index in [2.05, 4.69) is 29.0 Å². The number of nitriles is 1. The van der Waals surface area contributed by atoms with Gasteiger partial charge in [0.05, 0.1) is 11.3 Å². The number of nitrogen functional groups attached to an aromatic ring is 1. The topological polar surface area (TPSA) is 78.0 Å². The molecule has 0 saturated heterocycles. The largest absolute Gasteiger partial charge is 0.396 e. The van der Waals surface area contributed by atoms with Gasteiger partial charge in [-0.1, -0.05) is 13.8 Å². The Morgan fingerprint density at radius 3 is 2.71 bits per heavy atom. The number of aromatic nitrogens is 1. The molecule has 0 radical (unpaired) electrons. The van der Waals surface area contributed by atoms with Crippen molar-refractivity contribution in [1.29, 1.82) is 5.26 Å². The molecule has 0 aliphatic carbocycles. The molecular formula is C12H19N5. The lowest BCUT2D eigenvalue weighted by Gasteiger charge is -2.18. The van der Waals surface area contributed by atoms with E-state index in [1.807, 2.05) is 6.07 Å². The molecule has 0 amide bonds. The zero-order valence-corrected chi connectivity index (χ0v) is 10.4. The van der Waals surface area contributed by atoms with Gasteiger partial charge >= 0.3 is 0 Å². The van der Waals surface area contributed by atoms with E-state index in [4.69, 9.17) is 11.0 Å². The van der Waals surface area contributed by atoms with Crippen LogP contribution >= 0.6 is 0 Å². The average molecular weight is 233 g/mol. The third kappa shape index (κ3) is 3.93. The molecule has 0 spiro atoms.